The lowest BCUT2D eigenvalue weighted by Crippen LogP contribution is -2.34. The van der Waals surface area contributed by atoms with Gasteiger partial charge in [-0.15, -0.1) is 0 Å². The van der Waals surface area contributed by atoms with E-state index in [4.69, 9.17) is 4.74 Å². The number of nitrogens with zero attached hydrogens (tertiary/aromatic N) is 2. The Hall–Kier alpha value is -2.33. The molecule has 23 heavy (non-hydrogen) atoms. The number of rotatable bonds is 3. The summed E-state index contributed by atoms with van der Waals surface area (Å²) in [6, 6.07) is 10.6. The summed E-state index contributed by atoms with van der Waals surface area (Å²) in [5, 5.41) is 3.36. The molecule has 1 aliphatic rings. The second-order valence-electron chi connectivity index (χ2n) is 6.10. The highest BCUT2D eigenvalue weighted by Gasteiger charge is 2.14. The van der Waals surface area contributed by atoms with Gasteiger partial charge in [0.1, 0.15) is 17.5 Å². The minimum absolute atomic E-state index is 0.338. The van der Waals surface area contributed by atoms with Crippen LogP contribution < -0.4 is 10.1 Å². The van der Waals surface area contributed by atoms with E-state index in [0.29, 0.717) is 6.10 Å². The van der Waals surface area contributed by atoms with Gasteiger partial charge in [0, 0.05) is 24.2 Å². The Labute approximate surface area is 136 Å². The van der Waals surface area contributed by atoms with Crippen molar-refractivity contribution in [3.05, 3.63) is 54.5 Å². The first-order chi connectivity index (χ1) is 11.3. The summed E-state index contributed by atoms with van der Waals surface area (Å²) in [6.07, 6.45) is 8.37. The fourth-order valence-electron chi connectivity index (χ4n) is 3.26. The third kappa shape index (κ3) is 2.82. The van der Waals surface area contributed by atoms with E-state index in [1.54, 1.807) is 0 Å². The summed E-state index contributed by atoms with van der Waals surface area (Å²) < 4.78 is 8.13. The van der Waals surface area contributed by atoms with Crippen molar-refractivity contribution in [2.45, 2.75) is 25.9 Å². The van der Waals surface area contributed by atoms with Gasteiger partial charge in [0.15, 0.2) is 0 Å². The van der Waals surface area contributed by atoms with Crippen molar-refractivity contribution in [2.24, 2.45) is 0 Å². The highest BCUT2D eigenvalue weighted by atomic mass is 16.5. The van der Waals surface area contributed by atoms with Crippen LogP contribution in [0.2, 0.25) is 0 Å². The SMILES string of the molecule is Cc1c(-c2ccc(OC3CCNCC3)cc2)ccn2ccnc12. The number of aryl methyl sites for hydroxylation is 1. The first-order valence-electron chi connectivity index (χ1n) is 8.21. The Balaban J connectivity index is 1.58. The zero-order valence-electron chi connectivity index (χ0n) is 13.3. The normalized spacial score (nSPS) is 15.9. The highest BCUT2D eigenvalue weighted by Crippen LogP contribution is 2.28. The molecule has 1 N–H and O–H groups in total. The van der Waals surface area contributed by atoms with Crippen molar-refractivity contribution in [1.82, 2.24) is 14.7 Å². The maximum Gasteiger partial charge on any atom is 0.140 e. The van der Waals surface area contributed by atoms with Crippen molar-refractivity contribution in [3.63, 3.8) is 0 Å². The summed E-state index contributed by atoms with van der Waals surface area (Å²) in [5.74, 6) is 0.959. The molecule has 2 aromatic heterocycles. The van der Waals surface area contributed by atoms with Crippen LogP contribution in [0.1, 0.15) is 18.4 Å². The van der Waals surface area contributed by atoms with Gasteiger partial charge in [-0.25, -0.2) is 4.98 Å². The van der Waals surface area contributed by atoms with E-state index in [-0.39, 0.29) is 0 Å². The fraction of sp³-hybridized carbons (Fsp3) is 0.316. The van der Waals surface area contributed by atoms with Gasteiger partial charge < -0.3 is 14.5 Å². The number of benzene rings is 1. The van der Waals surface area contributed by atoms with Gasteiger partial charge in [-0.3, -0.25) is 0 Å². The molecule has 4 nitrogen and oxygen atoms in total. The van der Waals surface area contributed by atoms with Gasteiger partial charge in [0.05, 0.1) is 0 Å². The predicted molar refractivity (Wildman–Crippen MR) is 91.9 cm³/mol. The molecule has 0 amide bonds. The zero-order valence-corrected chi connectivity index (χ0v) is 13.3. The number of ether oxygens (including phenoxy) is 1. The lowest BCUT2D eigenvalue weighted by atomic mass is 10.0. The maximum atomic E-state index is 6.08. The molecule has 0 saturated carbocycles. The topological polar surface area (TPSA) is 38.6 Å². The second kappa shape index (κ2) is 6.05. The molecule has 0 atom stereocenters. The molecule has 0 spiro atoms. The van der Waals surface area contributed by atoms with E-state index in [0.717, 1.165) is 37.3 Å². The van der Waals surface area contributed by atoms with Crippen LogP contribution in [0.4, 0.5) is 0 Å². The summed E-state index contributed by atoms with van der Waals surface area (Å²) in [7, 11) is 0. The maximum absolute atomic E-state index is 6.08. The van der Waals surface area contributed by atoms with Crippen LogP contribution in [0.5, 0.6) is 5.75 Å². The van der Waals surface area contributed by atoms with Gasteiger partial charge in [-0.1, -0.05) is 12.1 Å². The Kier molecular flexibility index (Phi) is 3.75. The molecule has 1 fully saturated rings. The first kappa shape index (κ1) is 14.3. The Morgan fingerprint density at radius 3 is 2.65 bits per heavy atom. The van der Waals surface area contributed by atoms with E-state index < -0.39 is 0 Å². The Bertz CT molecular complexity index is 801. The highest BCUT2D eigenvalue weighted by molar-refractivity contribution is 5.73. The monoisotopic (exact) mass is 307 g/mol. The molecule has 0 aliphatic carbocycles. The largest absolute Gasteiger partial charge is 0.490 e. The smallest absolute Gasteiger partial charge is 0.140 e. The summed E-state index contributed by atoms with van der Waals surface area (Å²) >= 11 is 0. The number of fused-ring (bicyclic) bond motifs is 1. The molecular weight excluding hydrogens is 286 g/mol. The lowest BCUT2D eigenvalue weighted by molar-refractivity contribution is 0.162. The number of nitrogens with one attached hydrogen (secondary N) is 1. The quantitative estimate of drug-likeness (QED) is 0.805. The van der Waals surface area contributed by atoms with Gasteiger partial charge in [-0.05, 0) is 62.2 Å². The Morgan fingerprint density at radius 2 is 1.87 bits per heavy atom. The zero-order chi connectivity index (χ0) is 15.6. The van der Waals surface area contributed by atoms with Crippen molar-refractivity contribution in [3.8, 4) is 16.9 Å². The molecule has 0 bridgehead atoms. The molecule has 118 valence electrons. The van der Waals surface area contributed by atoms with E-state index in [9.17, 15) is 0 Å². The lowest BCUT2D eigenvalue weighted by Gasteiger charge is -2.23. The molecule has 1 aliphatic heterocycles. The van der Waals surface area contributed by atoms with E-state index in [2.05, 4.69) is 53.8 Å². The number of pyridine rings is 1. The van der Waals surface area contributed by atoms with E-state index in [1.165, 1.54) is 16.7 Å². The number of hydrogen-bond donors (Lipinski definition) is 1. The molecule has 3 aromatic rings. The van der Waals surface area contributed by atoms with Gasteiger partial charge in [0.25, 0.3) is 0 Å². The van der Waals surface area contributed by atoms with Crippen molar-refractivity contribution in [2.75, 3.05) is 13.1 Å². The van der Waals surface area contributed by atoms with Gasteiger partial charge >= 0.3 is 0 Å². The summed E-state index contributed by atoms with van der Waals surface area (Å²) in [4.78, 5) is 4.43. The minimum Gasteiger partial charge on any atom is -0.490 e. The van der Waals surface area contributed by atoms with Gasteiger partial charge in [-0.2, -0.15) is 0 Å². The molecule has 4 rings (SSSR count). The average Bonchev–Trinajstić information content (AvgIpc) is 3.07. The molecule has 1 aromatic carbocycles. The summed E-state index contributed by atoms with van der Waals surface area (Å²) in [5.41, 5.74) is 4.63. The van der Waals surface area contributed by atoms with Crippen molar-refractivity contribution >= 4 is 5.65 Å². The van der Waals surface area contributed by atoms with Crippen molar-refractivity contribution in [1.29, 1.82) is 0 Å². The van der Waals surface area contributed by atoms with Crippen LogP contribution in [0, 0.1) is 6.92 Å². The standard InChI is InChI=1S/C19H21N3O/c1-14-18(8-12-22-13-11-21-19(14)22)15-2-4-16(5-3-15)23-17-6-9-20-10-7-17/h2-5,8,11-13,17,20H,6-7,9-10H2,1H3. The molecular formula is C19H21N3O. The first-order valence-corrected chi connectivity index (χ1v) is 8.21. The Morgan fingerprint density at radius 1 is 1.09 bits per heavy atom. The third-order valence-electron chi connectivity index (χ3n) is 4.56. The number of imidazole rings is 1. The minimum atomic E-state index is 0.338. The van der Waals surface area contributed by atoms with Crippen LogP contribution in [0.15, 0.2) is 48.9 Å². The van der Waals surface area contributed by atoms with Crippen molar-refractivity contribution < 1.29 is 4.74 Å². The fourth-order valence-corrected chi connectivity index (χ4v) is 3.26. The van der Waals surface area contributed by atoms with Gasteiger partial charge in [0.2, 0.25) is 0 Å². The number of piperidine rings is 1. The average molecular weight is 307 g/mol. The van der Waals surface area contributed by atoms with Crippen LogP contribution in [-0.4, -0.2) is 28.6 Å². The molecule has 3 heterocycles. The molecule has 4 heteroatoms. The molecule has 0 unspecified atom stereocenters. The van der Waals surface area contributed by atoms with Crippen LogP contribution in [-0.2, 0) is 0 Å². The van der Waals surface area contributed by atoms with E-state index >= 15 is 0 Å². The number of aromatic nitrogens is 2. The third-order valence-corrected chi connectivity index (χ3v) is 4.56. The molecule has 0 radical (unpaired) electrons. The van der Waals surface area contributed by atoms with Crippen LogP contribution >= 0.6 is 0 Å². The summed E-state index contributed by atoms with van der Waals surface area (Å²) in [6.45, 7) is 4.22. The second-order valence-corrected chi connectivity index (χ2v) is 6.10. The van der Waals surface area contributed by atoms with E-state index in [1.807, 2.05) is 16.8 Å². The predicted octanol–water partition coefficient (Wildman–Crippen LogP) is 3.44. The molecule has 1 saturated heterocycles. The van der Waals surface area contributed by atoms with Crippen LogP contribution in [0.3, 0.4) is 0 Å². The number of hydrogen-bond acceptors (Lipinski definition) is 3. The van der Waals surface area contributed by atoms with Crippen LogP contribution in [0.25, 0.3) is 16.8 Å².